The molecule has 0 spiro atoms. The Balaban J connectivity index is 3.27. The molecule has 0 heterocycles. The summed E-state index contributed by atoms with van der Waals surface area (Å²) in [6.07, 6.45) is 0.272. The van der Waals surface area contributed by atoms with Crippen LogP contribution < -0.4 is 0 Å². The van der Waals surface area contributed by atoms with E-state index in [1.807, 2.05) is 0 Å². The Labute approximate surface area is 112 Å². The first-order valence-electron chi connectivity index (χ1n) is 5.02. The van der Waals surface area contributed by atoms with Crippen LogP contribution in [0.1, 0.15) is 0 Å². The van der Waals surface area contributed by atoms with Crippen LogP contribution in [0.2, 0.25) is 0 Å². The lowest BCUT2D eigenvalue weighted by atomic mass is 10.1. The van der Waals surface area contributed by atoms with Crippen molar-refractivity contribution in [3.8, 4) is 0 Å². The van der Waals surface area contributed by atoms with Gasteiger partial charge < -0.3 is 0 Å². The van der Waals surface area contributed by atoms with E-state index < -0.39 is 66.2 Å². The fourth-order valence-corrected chi connectivity index (χ4v) is 2.63. The largest absolute Gasteiger partial charge is 0.224 e. The highest BCUT2D eigenvalue weighted by Crippen LogP contribution is 2.35. The van der Waals surface area contributed by atoms with Gasteiger partial charge in [0.15, 0.2) is 50.6 Å². The van der Waals surface area contributed by atoms with Gasteiger partial charge in [0.05, 0.1) is 10.8 Å². The van der Waals surface area contributed by atoms with Gasteiger partial charge in [0.2, 0.25) is 0 Å². The molecule has 114 valence electrons. The molecule has 0 N–H and O–H groups in total. The Bertz CT molecular complexity index is 890. The maximum Gasteiger partial charge on any atom is 0.198 e. The van der Waals surface area contributed by atoms with Crippen molar-refractivity contribution in [1.82, 2.24) is 0 Å². The molecule has 0 aliphatic carbocycles. The Morgan fingerprint density at radius 2 is 0.905 bits per heavy atom. The monoisotopic (exact) mass is 332 g/mol. The Morgan fingerprint density at radius 1 is 0.571 bits per heavy atom. The number of benzene rings is 2. The minimum absolute atomic E-state index is 0.272. The highest BCUT2D eigenvalue weighted by atomic mass is 32.2. The summed E-state index contributed by atoms with van der Waals surface area (Å²) in [6.45, 7) is 0. The second-order valence-corrected chi connectivity index (χ2v) is 6.00. The summed E-state index contributed by atoms with van der Waals surface area (Å²) in [5, 5.41) is -3.68. The van der Waals surface area contributed by atoms with Crippen molar-refractivity contribution in [2.45, 2.75) is 4.90 Å². The fourth-order valence-electron chi connectivity index (χ4n) is 1.79. The minimum atomic E-state index is -4.73. The van der Waals surface area contributed by atoms with Crippen LogP contribution in [-0.4, -0.2) is 14.7 Å². The van der Waals surface area contributed by atoms with E-state index in [0.29, 0.717) is 0 Å². The molecule has 0 saturated heterocycles. The van der Waals surface area contributed by atoms with E-state index in [9.17, 15) is 39.2 Å². The van der Waals surface area contributed by atoms with Crippen LogP contribution in [0.25, 0.3) is 10.8 Å². The van der Waals surface area contributed by atoms with Crippen molar-refractivity contribution in [3.05, 3.63) is 40.7 Å². The summed E-state index contributed by atoms with van der Waals surface area (Å²) >= 11 is 0. The molecule has 2 rings (SSSR count). The van der Waals surface area contributed by atoms with Gasteiger partial charge in [0.1, 0.15) is 4.90 Å². The van der Waals surface area contributed by atoms with Gasteiger partial charge in [-0.15, -0.1) is 0 Å². The molecule has 2 nitrogen and oxygen atoms in total. The zero-order chi connectivity index (χ0) is 16.3. The number of sulfone groups is 1. The highest BCUT2D eigenvalue weighted by Gasteiger charge is 2.33. The molecule has 2 aromatic rings. The molecule has 21 heavy (non-hydrogen) atoms. The molecular weight excluding hydrogens is 329 g/mol. The Morgan fingerprint density at radius 3 is 1.29 bits per heavy atom. The molecule has 10 heteroatoms. The van der Waals surface area contributed by atoms with Gasteiger partial charge in [0, 0.05) is 6.26 Å². The molecule has 0 aliphatic rings. The van der Waals surface area contributed by atoms with Crippen molar-refractivity contribution in [2.24, 2.45) is 0 Å². The first-order valence-corrected chi connectivity index (χ1v) is 6.91. The van der Waals surface area contributed by atoms with Crippen LogP contribution in [0, 0.1) is 40.7 Å². The van der Waals surface area contributed by atoms with Gasteiger partial charge >= 0.3 is 0 Å². The summed E-state index contributed by atoms with van der Waals surface area (Å²) in [6, 6.07) is 0. The molecule has 0 amide bonds. The number of hydrogen-bond donors (Lipinski definition) is 0. The first kappa shape index (κ1) is 15.5. The number of hydrogen-bond acceptors (Lipinski definition) is 2. The summed E-state index contributed by atoms with van der Waals surface area (Å²) in [5.74, 6) is -16.7. The van der Waals surface area contributed by atoms with E-state index in [-0.39, 0.29) is 6.26 Å². The average Bonchev–Trinajstić information content (AvgIpc) is 2.36. The van der Waals surface area contributed by atoms with Crippen molar-refractivity contribution >= 4 is 20.6 Å². The predicted octanol–water partition coefficient (Wildman–Crippen LogP) is 3.22. The van der Waals surface area contributed by atoms with Gasteiger partial charge in [-0.05, 0) is 0 Å². The molecule has 2 aromatic carbocycles. The zero-order valence-electron chi connectivity index (χ0n) is 9.87. The molecule has 0 aliphatic heterocycles. The standard InChI is InChI=1S/C11H3F7O2S/c1-21(19,20)11-7(15)3-2(6(14)10(11)18)4(12)8(16)9(17)5(3)13/h1H3. The first-order chi connectivity index (χ1) is 9.50. The molecule has 0 radical (unpaired) electrons. The maximum atomic E-state index is 13.9. The summed E-state index contributed by atoms with van der Waals surface area (Å²) in [7, 11) is -4.73. The van der Waals surface area contributed by atoms with Gasteiger partial charge in [0.25, 0.3) is 0 Å². The van der Waals surface area contributed by atoms with E-state index in [1.165, 1.54) is 0 Å². The van der Waals surface area contributed by atoms with Gasteiger partial charge in [-0.25, -0.2) is 39.2 Å². The predicted molar refractivity (Wildman–Crippen MR) is 56.8 cm³/mol. The fraction of sp³-hybridized carbons (Fsp3) is 0.0909. The maximum absolute atomic E-state index is 13.9. The van der Waals surface area contributed by atoms with Crippen LogP contribution in [0.15, 0.2) is 4.90 Å². The number of rotatable bonds is 1. The Kier molecular flexibility index (Phi) is 3.39. The highest BCUT2D eigenvalue weighted by molar-refractivity contribution is 7.90. The van der Waals surface area contributed by atoms with Crippen LogP contribution in [0.3, 0.4) is 0 Å². The lowest BCUT2D eigenvalue weighted by Crippen LogP contribution is -2.11. The van der Waals surface area contributed by atoms with Crippen molar-refractivity contribution < 1.29 is 39.2 Å². The average molecular weight is 332 g/mol. The van der Waals surface area contributed by atoms with Gasteiger partial charge in [-0.3, -0.25) is 0 Å². The van der Waals surface area contributed by atoms with Gasteiger partial charge in [-0.2, -0.15) is 0 Å². The van der Waals surface area contributed by atoms with Crippen molar-refractivity contribution in [3.63, 3.8) is 0 Å². The van der Waals surface area contributed by atoms with Crippen molar-refractivity contribution in [2.75, 3.05) is 6.26 Å². The van der Waals surface area contributed by atoms with E-state index in [1.54, 1.807) is 0 Å². The summed E-state index contributed by atoms with van der Waals surface area (Å²) in [5.41, 5.74) is 0. The normalized spacial score (nSPS) is 12.2. The smallest absolute Gasteiger partial charge is 0.198 e. The number of halogens is 7. The van der Waals surface area contributed by atoms with Crippen LogP contribution in [0.5, 0.6) is 0 Å². The molecular formula is C11H3F7O2S. The molecule has 0 atom stereocenters. The van der Waals surface area contributed by atoms with Crippen molar-refractivity contribution in [1.29, 1.82) is 0 Å². The van der Waals surface area contributed by atoms with E-state index >= 15 is 0 Å². The van der Waals surface area contributed by atoms with Crippen LogP contribution in [-0.2, 0) is 9.84 Å². The summed E-state index contributed by atoms with van der Waals surface area (Å²) < 4.78 is 116. The molecule has 0 fully saturated rings. The quantitative estimate of drug-likeness (QED) is 0.457. The molecule has 0 bridgehead atoms. The lowest BCUT2D eigenvalue weighted by Gasteiger charge is -2.11. The second-order valence-electron chi connectivity index (χ2n) is 4.05. The Hall–Kier alpha value is -1.84. The molecule has 0 saturated carbocycles. The van der Waals surface area contributed by atoms with Gasteiger partial charge in [-0.1, -0.05) is 0 Å². The SMILES string of the molecule is CS(=O)(=O)c1c(F)c(F)c2c(F)c(F)c(F)c(F)c2c1F. The minimum Gasteiger partial charge on any atom is -0.224 e. The third-order valence-electron chi connectivity index (χ3n) is 2.67. The second kappa shape index (κ2) is 4.58. The lowest BCUT2D eigenvalue weighted by molar-refractivity contribution is 0.408. The third kappa shape index (κ3) is 2.04. The third-order valence-corrected chi connectivity index (χ3v) is 3.77. The van der Waals surface area contributed by atoms with Crippen LogP contribution >= 0.6 is 0 Å². The molecule has 0 aromatic heterocycles. The topological polar surface area (TPSA) is 34.1 Å². The van der Waals surface area contributed by atoms with E-state index in [2.05, 4.69) is 0 Å². The zero-order valence-corrected chi connectivity index (χ0v) is 10.7. The van der Waals surface area contributed by atoms with Crippen LogP contribution in [0.4, 0.5) is 30.7 Å². The summed E-state index contributed by atoms with van der Waals surface area (Å²) in [4.78, 5) is -1.91. The van der Waals surface area contributed by atoms with E-state index in [4.69, 9.17) is 0 Å². The van der Waals surface area contributed by atoms with E-state index in [0.717, 1.165) is 0 Å². The number of fused-ring (bicyclic) bond motifs is 1. The molecule has 0 unspecified atom stereocenters.